The predicted molar refractivity (Wildman–Crippen MR) is 79.9 cm³/mol. The molecule has 1 saturated heterocycles. The minimum absolute atomic E-state index is 0.138. The van der Waals surface area contributed by atoms with E-state index in [0.29, 0.717) is 12.5 Å². The molecule has 1 aromatic carbocycles. The molecule has 2 heterocycles. The summed E-state index contributed by atoms with van der Waals surface area (Å²) in [6, 6.07) is 10.4. The van der Waals surface area contributed by atoms with E-state index < -0.39 is 6.10 Å². The maximum atomic E-state index is 12.7. The lowest BCUT2D eigenvalue weighted by molar-refractivity contribution is -0.143. The highest BCUT2D eigenvalue weighted by Gasteiger charge is 2.43. The van der Waals surface area contributed by atoms with Crippen LogP contribution in [0.2, 0.25) is 0 Å². The Hall–Kier alpha value is -1.84. The molecule has 2 atom stereocenters. The lowest BCUT2D eigenvalue weighted by Crippen LogP contribution is -2.43. The second-order valence-corrected chi connectivity index (χ2v) is 6.28. The lowest BCUT2D eigenvalue weighted by atomic mass is 10.0. The van der Waals surface area contributed by atoms with E-state index in [1.165, 1.54) is 12.8 Å². The van der Waals surface area contributed by atoms with Gasteiger partial charge in [0.2, 0.25) is 6.10 Å². The summed E-state index contributed by atoms with van der Waals surface area (Å²) in [6.45, 7) is 0.889. The number of benzene rings is 1. The maximum absolute atomic E-state index is 12.7. The van der Waals surface area contributed by atoms with Crippen LogP contribution in [0.5, 0.6) is 0 Å². The monoisotopic (exact) mass is 284 g/mol. The van der Waals surface area contributed by atoms with Crippen molar-refractivity contribution in [3.63, 3.8) is 0 Å². The zero-order chi connectivity index (χ0) is 14.2. The highest BCUT2D eigenvalue weighted by molar-refractivity contribution is 6.04. The molecule has 1 aromatic rings. The molecular formula is C17H20N2O2. The Morgan fingerprint density at radius 2 is 2.00 bits per heavy atom. The van der Waals surface area contributed by atoms with Crippen molar-refractivity contribution in [1.29, 1.82) is 0 Å². The Kier molecular flexibility index (Phi) is 3.17. The van der Waals surface area contributed by atoms with Crippen LogP contribution in [0.15, 0.2) is 35.5 Å². The first-order valence-electron chi connectivity index (χ1n) is 7.91. The van der Waals surface area contributed by atoms with E-state index in [1.807, 2.05) is 30.3 Å². The zero-order valence-corrected chi connectivity index (χ0v) is 12.1. The first-order valence-corrected chi connectivity index (χ1v) is 7.91. The molecule has 4 rings (SSSR count). The fraction of sp³-hybridized carbons (Fsp3) is 0.529. The van der Waals surface area contributed by atoms with E-state index in [9.17, 15) is 4.79 Å². The van der Waals surface area contributed by atoms with E-state index >= 15 is 0 Å². The molecule has 3 aliphatic rings. The molecule has 0 aromatic heterocycles. The third kappa shape index (κ3) is 2.43. The van der Waals surface area contributed by atoms with Crippen molar-refractivity contribution in [2.45, 2.75) is 44.2 Å². The Bertz CT molecular complexity index is 565. The van der Waals surface area contributed by atoms with E-state index in [2.05, 4.69) is 10.1 Å². The summed E-state index contributed by atoms with van der Waals surface area (Å²) < 4.78 is 0. The largest absolute Gasteiger partial charge is 0.382 e. The summed E-state index contributed by atoms with van der Waals surface area (Å²) in [4.78, 5) is 20.2. The van der Waals surface area contributed by atoms with E-state index in [4.69, 9.17) is 4.84 Å². The Labute approximate surface area is 124 Å². The van der Waals surface area contributed by atoms with Crippen molar-refractivity contribution >= 4 is 11.6 Å². The van der Waals surface area contributed by atoms with Gasteiger partial charge in [-0.15, -0.1) is 0 Å². The molecule has 1 aliphatic carbocycles. The SMILES string of the molecule is O=C(C1CC(c2ccccc2)=NO1)N1CCCC1C1CC1. The second-order valence-electron chi connectivity index (χ2n) is 6.28. The first kappa shape index (κ1) is 12.9. The van der Waals surface area contributed by atoms with Gasteiger partial charge in [0.25, 0.3) is 5.91 Å². The molecule has 2 fully saturated rings. The Morgan fingerprint density at radius 3 is 2.76 bits per heavy atom. The van der Waals surface area contributed by atoms with Crippen LogP contribution in [0.25, 0.3) is 0 Å². The van der Waals surface area contributed by atoms with E-state index in [0.717, 1.165) is 36.6 Å². The fourth-order valence-corrected chi connectivity index (χ4v) is 3.53. The van der Waals surface area contributed by atoms with Gasteiger partial charge in [0.15, 0.2) is 0 Å². The molecule has 4 heteroatoms. The second kappa shape index (κ2) is 5.17. The van der Waals surface area contributed by atoms with Gasteiger partial charge in [0.1, 0.15) is 0 Å². The third-order valence-electron chi connectivity index (χ3n) is 4.80. The van der Waals surface area contributed by atoms with Crippen LogP contribution in [-0.2, 0) is 9.63 Å². The van der Waals surface area contributed by atoms with Crippen molar-refractivity contribution < 1.29 is 9.63 Å². The van der Waals surface area contributed by atoms with Crippen molar-refractivity contribution in [3.8, 4) is 0 Å². The minimum atomic E-state index is -0.417. The molecule has 0 radical (unpaired) electrons. The van der Waals surface area contributed by atoms with Crippen molar-refractivity contribution in [2.24, 2.45) is 11.1 Å². The van der Waals surface area contributed by atoms with Gasteiger partial charge in [-0.1, -0.05) is 35.5 Å². The van der Waals surface area contributed by atoms with Crippen molar-refractivity contribution in [2.75, 3.05) is 6.54 Å². The molecule has 1 saturated carbocycles. The lowest BCUT2D eigenvalue weighted by Gasteiger charge is -2.26. The zero-order valence-electron chi connectivity index (χ0n) is 12.1. The number of hydrogen-bond acceptors (Lipinski definition) is 3. The van der Waals surface area contributed by atoms with E-state index in [-0.39, 0.29) is 5.91 Å². The number of carbonyl (C=O) groups is 1. The van der Waals surface area contributed by atoms with Gasteiger partial charge in [0.05, 0.1) is 5.71 Å². The Balaban J connectivity index is 1.43. The molecule has 4 nitrogen and oxygen atoms in total. The molecule has 110 valence electrons. The van der Waals surface area contributed by atoms with Gasteiger partial charge >= 0.3 is 0 Å². The van der Waals surface area contributed by atoms with Crippen LogP contribution < -0.4 is 0 Å². The number of likely N-dealkylation sites (tertiary alicyclic amines) is 1. The standard InChI is InChI=1S/C17H20N2O2/c20-17(19-10-4-7-15(19)13-8-9-13)16-11-14(18-21-16)12-5-2-1-3-6-12/h1-3,5-6,13,15-16H,4,7-11H2. The van der Waals surface area contributed by atoms with Crippen LogP contribution in [0, 0.1) is 5.92 Å². The highest BCUT2D eigenvalue weighted by Crippen LogP contribution is 2.40. The first-order chi connectivity index (χ1) is 10.3. The number of amides is 1. The average molecular weight is 284 g/mol. The van der Waals surface area contributed by atoms with Gasteiger partial charge < -0.3 is 9.74 Å². The van der Waals surface area contributed by atoms with Crippen LogP contribution in [0.3, 0.4) is 0 Å². The molecule has 0 bridgehead atoms. The van der Waals surface area contributed by atoms with Gasteiger partial charge in [-0.25, -0.2) is 0 Å². The summed E-state index contributed by atoms with van der Waals surface area (Å²) in [6.07, 6.45) is 5.04. The van der Waals surface area contributed by atoms with Gasteiger partial charge in [-0.3, -0.25) is 4.79 Å². The van der Waals surface area contributed by atoms with Gasteiger partial charge in [0, 0.05) is 19.0 Å². The van der Waals surface area contributed by atoms with Crippen LogP contribution >= 0.6 is 0 Å². The molecule has 0 N–H and O–H groups in total. The van der Waals surface area contributed by atoms with Crippen molar-refractivity contribution in [1.82, 2.24) is 4.90 Å². The average Bonchev–Trinajstić information content (AvgIpc) is 3.06. The molecule has 0 spiro atoms. The van der Waals surface area contributed by atoms with Crippen LogP contribution in [0.4, 0.5) is 0 Å². The number of rotatable bonds is 3. The Morgan fingerprint density at radius 1 is 1.19 bits per heavy atom. The third-order valence-corrected chi connectivity index (χ3v) is 4.80. The number of oxime groups is 1. The minimum Gasteiger partial charge on any atom is -0.382 e. The van der Waals surface area contributed by atoms with Crippen LogP contribution in [0.1, 0.15) is 37.7 Å². The highest BCUT2D eigenvalue weighted by atomic mass is 16.6. The normalized spacial score (nSPS) is 28.4. The quantitative estimate of drug-likeness (QED) is 0.856. The number of carbonyl (C=O) groups excluding carboxylic acids is 1. The molecule has 1 amide bonds. The summed E-state index contributed by atoms with van der Waals surface area (Å²) in [5.41, 5.74) is 1.93. The summed E-state index contributed by atoms with van der Waals surface area (Å²) >= 11 is 0. The number of nitrogens with zero attached hydrogens (tertiary/aromatic N) is 2. The predicted octanol–water partition coefficient (Wildman–Crippen LogP) is 2.58. The molecule has 21 heavy (non-hydrogen) atoms. The van der Waals surface area contributed by atoms with Gasteiger partial charge in [-0.2, -0.15) is 0 Å². The van der Waals surface area contributed by atoms with E-state index in [1.54, 1.807) is 0 Å². The van der Waals surface area contributed by atoms with Gasteiger partial charge in [-0.05, 0) is 37.2 Å². The smallest absolute Gasteiger partial charge is 0.267 e. The molecule has 2 aliphatic heterocycles. The van der Waals surface area contributed by atoms with Crippen molar-refractivity contribution in [3.05, 3.63) is 35.9 Å². The maximum Gasteiger partial charge on any atom is 0.267 e. The summed E-state index contributed by atoms with van der Waals surface area (Å²) in [7, 11) is 0. The van der Waals surface area contributed by atoms with Crippen LogP contribution in [-0.4, -0.2) is 35.2 Å². The summed E-state index contributed by atoms with van der Waals surface area (Å²) in [5, 5.41) is 4.13. The molecular weight excluding hydrogens is 264 g/mol. The summed E-state index contributed by atoms with van der Waals surface area (Å²) in [5.74, 6) is 0.881. The molecule has 2 unspecified atom stereocenters. The number of hydrogen-bond donors (Lipinski definition) is 0. The fourth-order valence-electron chi connectivity index (χ4n) is 3.53. The topological polar surface area (TPSA) is 41.9 Å².